The second kappa shape index (κ2) is 8.09. The van der Waals surface area contributed by atoms with E-state index in [1.165, 1.54) is 30.0 Å². The van der Waals surface area contributed by atoms with Crippen molar-refractivity contribution >= 4 is 15.9 Å². The third-order valence-corrected chi connectivity index (χ3v) is 8.15. The first-order valence-corrected chi connectivity index (χ1v) is 11.2. The molecule has 0 aromatic heterocycles. The normalized spacial score (nSPS) is 25.0. The van der Waals surface area contributed by atoms with Gasteiger partial charge in [-0.1, -0.05) is 32.4 Å². The Balaban J connectivity index is 1.52. The zero-order valence-corrected chi connectivity index (χ0v) is 16.6. The van der Waals surface area contributed by atoms with E-state index in [0.29, 0.717) is 36.9 Å². The Morgan fingerprint density at radius 3 is 2.35 bits per heavy atom. The first kappa shape index (κ1) is 19.4. The average molecular weight is 379 g/mol. The van der Waals surface area contributed by atoms with Crippen molar-refractivity contribution in [1.29, 1.82) is 0 Å². The highest BCUT2D eigenvalue weighted by Gasteiger charge is 2.40. The summed E-state index contributed by atoms with van der Waals surface area (Å²) in [6.45, 7) is 5.03. The monoisotopic (exact) mass is 378 g/mol. The fourth-order valence-corrected chi connectivity index (χ4v) is 6.09. The molecule has 2 aliphatic carbocycles. The van der Waals surface area contributed by atoms with E-state index >= 15 is 0 Å². The van der Waals surface area contributed by atoms with Crippen molar-refractivity contribution < 1.29 is 13.2 Å². The molecule has 2 saturated carbocycles. The summed E-state index contributed by atoms with van der Waals surface area (Å²) in [7, 11) is -3.42. The van der Waals surface area contributed by atoms with Crippen LogP contribution in [0.5, 0.6) is 0 Å². The van der Waals surface area contributed by atoms with Gasteiger partial charge in [0.15, 0.2) is 0 Å². The fourth-order valence-electron chi connectivity index (χ4n) is 4.63. The molecule has 0 spiro atoms. The molecule has 3 rings (SSSR count). The summed E-state index contributed by atoms with van der Waals surface area (Å²) in [5.74, 6) is 2.30. The summed E-state index contributed by atoms with van der Waals surface area (Å²) in [5, 5.41) is 2.99. The van der Waals surface area contributed by atoms with Gasteiger partial charge >= 0.3 is 0 Å². The SMILES string of the molecule is CCN(CC)S(=O)(=O)c1ccc(CNC(=O)C[C@@H]2C[C@H]3CC[C@@H]2C3)cc1. The Morgan fingerprint density at radius 1 is 1.12 bits per heavy atom. The Bertz CT molecular complexity index is 726. The van der Waals surface area contributed by atoms with Crippen LogP contribution in [0.1, 0.15) is 51.5 Å². The van der Waals surface area contributed by atoms with Crippen LogP contribution in [0.25, 0.3) is 0 Å². The van der Waals surface area contributed by atoms with Crippen molar-refractivity contribution in [3.8, 4) is 0 Å². The van der Waals surface area contributed by atoms with Crippen molar-refractivity contribution in [3.63, 3.8) is 0 Å². The molecule has 26 heavy (non-hydrogen) atoms. The topological polar surface area (TPSA) is 66.5 Å². The minimum absolute atomic E-state index is 0.113. The molecule has 0 aliphatic heterocycles. The summed E-state index contributed by atoms with van der Waals surface area (Å²) >= 11 is 0. The van der Waals surface area contributed by atoms with Gasteiger partial charge in [0, 0.05) is 26.1 Å². The minimum atomic E-state index is -3.42. The molecule has 0 heterocycles. The van der Waals surface area contributed by atoms with Crippen molar-refractivity contribution in [2.45, 2.75) is 57.4 Å². The van der Waals surface area contributed by atoms with Crippen LogP contribution < -0.4 is 5.32 Å². The van der Waals surface area contributed by atoms with Gasteiger partial charge in [-0.05, 0) is 54.7 Å². The molecule has 2 fully saturated rings. The van der Waals surface area contributed by atoms with Gasteiger partial charge in [0.05, 0.1) is 4.90 Å². The lowest BCUT2D eigenvalue weighted by Gasteiger charge is -2.21. The number of hydrogen-bond donors (Lipinski definition) is 1. The minimum Gasteiger partial charge on any atom is -0.352 e. The fraction of sp³-hybridized carbons (Fsp3) is 0.650. The van der Waals surface area contributed by atoms with Crippen molar-refractivity contribution in [1.82, 2.24) is 9.62 Å². The maximum absolute atomic E-state index is 12.5. The summed E-state index contributed by atoms with van der Waals surface area (Å²) in [4.78, 5) is 12.5. The van der Waals surface area contributed by atoms with Crippen LogP contribution >= 0.6 is 0 Å². The number of benzene rings is 1. The van der Waals surface area contributed by atoms with E-state index in [9.17, 15) is 13.2 Å². The van der Waals surface area contributed by atoms with E-state index in [1.807, 2.05) is 13.8 Å². The van der Waals surface area contributed by atoms with Crippen molar-refractivity contribution in [3.05, 3.63) is 29.8 Å². The zero-order valence-electron chi connectivity index (χ0n) is 15.8. The van der Waals surface area contributed by atoms with Gasteiger partial charge in [-0.25, -0.2) is 8.42 Å². The van der Waals surface area contributed by atoms with Crippen LogP contribution in [0.3, 0.4) is 0 Å². The van der Waals surface area contributed by atoms with Crippen molar-refractivity contribution in [2.24, 2.45) is 17.8 Å². The van der Waals surface area contributed by atoms with E-state index in [2.05, 4.69) is 5.32 Å². The molecule has 0 unspecified atom stereocenters. The van der Waals surface area contributed by atoms with Gasteiger partial charge in [0.1, 0.15) is 0 Å². The number of nitrogens with zero attached hydrogens (tertiary/aromatic N) is 1. The Morgan fingerprint density at radius 2 is 1.81 bits per heavy atom. The summed E-state index contributed by atoms with van der Waals surface area (Å²) in [6, 6.07) is 6.83. The first-order chi connectivity index (χ1) is 12.4. The third kappa shape index (κ3) is 4.12. The van der Waals surface area contributed by atoms with E-state index in [-0.39, 0.29) is 5.91 Å². The number of carbonyl (C=O) groups excluding carboxylic acids is 1. The quantitative estimate of drug-likeness (QED) is 0.756. The molecule has 0 radical (unpaired) electrons. The molecule has 3 atom stereocenters. The van der Waals surface area contributed by atoms with Gasteiger partial charge < -0.3 is 5.32 Å². The predicted octanol–water partition coefficient (Wildman–Crippen LogP) is 3.16. The average Bonchev–Trinajstić information content (AvgIpc) is 3.24. The lowest BCUT2D eigenvalue weighted by Crippen LogP contribution is -2.30. The number of hydrogen-bond acceptors (Lipinski definition) is 3. The van der Waals surface area contributed by atoms with E-state index < -0.39 is 10.0 Å². The second-order valence-electron chi connectivity index (χ2n) is 7.65. The summed E-state index contributed by atoms with van der Waals surface area (Å²) in [6.07, 6.45) is 5.82. The van der Waals surface area contributed by atoms with E-state index in [1.54, 1.807) is 24.3 Å². The Hall–Kier alpha value is -1.40. The maximum Gasteiger partial charge on any atom is 0.243 e. The van der Waals surface area contributed by atoms with E-state index in [4.69, 9.17) is 0 Å². The number of rotatable bonds is 8. The second-order valence-corrected chi connectivity index (χ2v) is 9.59. The van der Waals surface area contributed by atoms with Crippen molar-refractivity contribution in [2.75, 3.05) is 13.1 Å². The lowest BCUT2D eigenvalue weighted by atomic mass is 9.86. The Labute approximate surface area is 157 Å². The first-order valence-electron chi connectivity index (χ1n) is 9.79. The number of carbonyl (C=O) groups is 1. The van der Waals surface area contributed by atoms with Gasteiger partial charge in [0.2, 0.25) is 15.9 Å². The molecule has 1 aromatic rings. The van der Waals surface area contributed by atoms with Crippen LogP contribution in [0.4, 0.5) is 0 Å². The maximum atomic E-state index is 12.5. The molecule has 6 heteroatoms. The standard InChI is InChI=1S/C20H30N2O3S/c1-3-22(4-2)26(24,25)19-9-6-15(7-10-19)14-21-20(23)13-18-12-16-5-8-17(18)11-16/h6-7,9-10,16-18H,3-5,8,11-14H2,1-2H3,(H,21,23)/t16-,17+,18-/m0/s1. The zero-order chi connectivity index (χ0) is 18.7. The van der Waals surface area contributed by atoms with Crippen LogP contribution in [0, 0.1) is 17.8 Å². The molecule has 2 bridgehead atoms. The largest absolute Gasteiger partial charge is 0.352 e. The summed E-state index contributed by atoms with van der Waals surface area (Å²) < 4.78 is 26.4. The smallest absolute Gasteiger partial charge is 0.243 e. The highest BCUT2D eigenvalue weighted by Crippen LogP contribution is 2.49. The van der Waals surface area contributed by atoms with Crippen LogP contribution in [0.2, 0.25) is 0 Å². The highest BCUT2D eigenvalue weighted by molar-refractivity contribution is 7.89. The number of amides is 1. The van der Waals surface area contributed by atoms with Crippen LogP contribution in [-0.4, -0.2) is 31.7 Å². The van der Waals surface area contributed by atoms with Crippen LogP contribution in [0.15, 0.2) is 29.2 Å². The summed E-state index contributed by atoms with van der Waals surface area (Å²) in [5.41, 5.74) is 0.921. The molecule has 144 valence electrons. The Kier molecular flexibility index (Phi) is 6.03. The third-order valence-electron chi connectivity index (χ3n) is 6.09. The van der Waals surface area contributed by atoms with Gasteiger partial charge in [-0.3, -0.25) is 4.79 Å². The molecule has 1 aromatic carbocycles. The van der Waals surface area contributed by atoms with Gasteiger partial charge in [-0.2, -0.15) is 4.31 Å². The molecular weight excluding hydrogens is 348 g/mol. The van der Waals surface area contributed by atoms with E-state index in [0.717, 1.165) is 17.4 Å². The molecule has 5 nitrogen and oxygen atoms in total. The molecule has 2 aliphatic rings. The number of nitrogens with one attached hydrogen (secondary N) is 1. The highest BCUT2D eigenvalue weighted by atomic mass is 32.2. The molecule has 1 amide bonds. The van der Waals surface area contributed by atoms with Crippen LogP contribution in [-0.2, 0) is 21.4 Å². The number of fused-ring (bicyclic) bond motifs is 2. The lowest BCUT2D eigenvalue weighted by molar-refractivity contribution is -0.122. The molecule has 1 N–H and O–H groups in total. The van der Waals surface area contributed by atoms with Gasteiger partial charge in [0.25, 0.3) is 0 Å². The van der Waals surface area contributed by atoms with Gasteiger partial charge in [-0.15, -0.1) is 0 Å². The number of sulfonamides is 1. The predicted molar refractivity (Wildman–Crippen MR) is 102 cm³/mol. The molecular formula is C20H30N2O3S. The molecule has 0 saturated heterocycles.